The molecule has 0 aromatic carbocycles. The van der Waals surface area contributed by atoms with E-state index in [1.54, 1.807) is 0 Å². The van der Waals surface area contributed by atoms with Gasteiger partial charge in [0.25, 0.3) is 0 Å². The van der Waals surface area contributed by atoms with Crippen LogP contribution in [-0.2, 0) is 6.42 Å². The van der Waals surface area contributed by atoms with Crippen LogP contribution in [0.25, 0.3) is 0 Å². The Kier molecular flexibility index (Phi) is 2.41. The van der Waals surface area contributed by atoms with Crippen LogP contribution in [-0.4, -0.2) is 23.6 Å². The van der Waals surface area contributed by atoms with Gasteiger partial charge in [-0.15, -0.1) is 11.3 Å². The number of hydrogen-bond acceptors (Lipinski definition) is 3. The van der Waals surface area contributed by atoms with Gasteiger partial charge in [-0.1, -0.05) is 0 Å². The van der Waals surface area contributed by atoms with Crippen LogP contribution in [0.3, 0.4) is 0 Å². The zero-order chi connectivity index (χ0) is 9.42. The summed E-state index contributed by atoms with van der Waals surface area (Å²) in [6, 6.07) is 2.12. The Morgan fingerprint density at radius 1 is 1.62 bits per heavy atom. The minimum Gasteiger partial charge on any atom is -0.374 e. The summed E-state index contributed by atoms with van der Waals surface area (Å²) in [5.74, 6) is 0. The van der Waals surface area contributed by atoms with Crippen molar-refractivity contribution < 1.29 is 5.11 Å². The Labute approximate surface area is 82.8 Å². The van der Waals surface area contributed by atoms with Gasteiger partial charge in [0.15, 0.2) is 0 Å². The summed E-state index contributed by atoms with van der Waals surface area (Å²) in [4.78, 5) is 4.69. The number of aliphatic hydroxyl groups excluding tert-OH is 1. The van der Waals surface area contributed by atoms with Gasteiger partial charge >= 0.3 is 0 Å². The van der Waals surface area contributed by atoms with Crippen molar-refractivity contribution >= 4 is 11.3 Å². The molecule has 1 atom stereocenters. The molecule has 2 rings (SSSR count). The van der Waals surface area contributed by atoms with Gasteiger partial charge in [0.2, 0.25) is 0 Å². The van der Waals surface area contributed by atoms with Crippen molar-refractivity contribution in [2.24, 2.45) is 0 Å². The van der Waals surface area contributed by atoms with Crippen LogP contribution in [0, 0.1) is 6.92 Å². The predicted octanol–water partition coefficient (Wildman–Crippen LogP) is 1.93. The van der Waals surface area contributed by atoms with Crippen molar-refractivity contribution in [3.8, 4) is 0 Å². The summed E-state index contributed by atoms with van der Waals surface area (Å²) >= 11 is 1.82. The molecule has 0 fully saturated rings. The van der Waals surface area contributed by atoms with Crippen molar-refractivity contribution in [2.75, 3.05) is 13.6 Å². The molecule has 3 heteroatoms. The van der Waals surface area contributed by atoms with E-state index in [1.165, 1.54) is 9.75 Å². The van der Waals surface area contributed by atoms with E-state index in [-0.39, 0.29) is 6.23 Å². The average molecular weight is 197 g/mol. The van der Waals surface area contributed by atoms with Crippen LogP contribution in [0.5, 0.6) is 0 Å². The number of aryl methyl sites for hydroxylation is 2. The van der Waals surface area contributed by atoms with Crippen LogP contribution in [0.1, 0.15) is 28.0 Å². The minimum atomic E-state index is -0.387. The molecule has 1 aromatic heterocycles. The molecular weight excluding hydrogens is 182 g/mol. The third-order valence-electron chi connectivity index (χ3n) is 2.58. The van der Waals surface area contributed by atoms with E-state index >= 15 is 0 Å². The molecule has 13 heavy (non-hydrogen) atoms. The van der Waals surface area contributed by atoms with Crippen molar-refractivity contribution in [3.63, 3.8) is 0 Å². The molecule has 2 heterocycles. The molecule has 2 nitrogen and oxygen atoms in total. The summed E-state index contributed by atoms with van der Waals surface area (Å²) < 4.78 is 0. The Hall–Kier alpha value is -0.380. The van der Waals surface area contributed by atoms with Crippen LogP contribution in [0.2, 0.25) is 0 Å². The lowest BCUT2D eigenvalue weighted by Gasteiger charge is -2.20. The van der Waals surface area contributed by atoms with E-state index in [0.717, 1.165) is 24.9 Å². The first-order valence-electron chi connectivity index (χ1n) is 4.66. The Morgan fingerprint density at radius 3 is 3.15 bits per heavy atom. The van der Waals surface area contributed by atoms with Gasteiger partial charge < -0.3 is 5.11 Å². The maximum Gasteiger partial charge on any atom is 0.134 e. The molecule has 0 saturated heterocycles. The molecule has 0 amide bonds. The normalized spacial score (nSPS) is 24.1. The van der Waals surface area contributed by atoms with Gasteiger partial charge in [-0.25, -0.2) is 0 Å². The zero-order valence-electron chi connectivity index (χ0n) is 8.08. The van der Waals surface area contributed by atoms with E-state index in [0.29, 0.717) is 0 Å². The standard InChI is InChI=1S/C10H15NOS/c1-7-6-8-9(13-7)4-3-5-11(2)10(8)12/h6,10,12H,3-5H2,1-2H3. The van der Waals surface area contributed by atoms with Gasteiger partial charge in [0.1, 0.15) is 6.23 Å². The van der Waals surface area contributed by atoms with Crippen molar-refractivity contribution in [2.45, 2.75) is 26.0 Å². The number of fused-ring (bicyclic) bond motifs is 1. The molecule has 0 radical (unpaired) electrons. The summed E-state index contributed by atoms with van der Waals surface area (Å²) in [7, 11) is 1.98. The van der Waals surface area contributed by atoms with Gasteiger partial charge in [-0.2, -0.15) is 0 Å². The molecule has 0 aliphatic carbocycles. The van der Waals surface area contributed by atoms with Gasteiger partial charge in [-0.3, -0.25) is 4.90 Å². The highest BCUT2D eigenvalue weighted by Crippen LogP contribution is 2.32. The van der Waals surface area contributed by atoms with Crippen LogP contribution >= 0.6 is 11.3 Å². The highest BCUT2D eigenvalue weighted by atomic mass is 32.1. The van der Waals surface area contributed by atoms with Crippen molar-refractivity contribution in [1.82, 2.24) is 4.90 Å². The maximum absolute atomic E-state index is 9.96. The lowest BCUT2D eigenvalue weighted by atomic mass is 10.2. The van der Waals surface area contributed by atoms with Crippen LogP contribution in [0.4, 0.5) is 0 Å². The number of hydrogen-bond donors (Lipinski definition) is 1. The third kappa shape index (κ3) is 1.64. The quantitative estimate of drug-likeness (QED) is 0.687. The molecule has 1 N–H and O–H groups in total. The zero-order valence-corrected chi connectivity index (χ0v) is 8.90. The first-order chi connectivity index (χ1) is 6.18. The first-order valence-corrected chi connectivity index (χ1v) is 5.47. The lowest BCUT2D eigenvalue weighted by Crippen LogP contribution is -2.23. The van der Waals surface area contributed by atoms with Crippen molar-refractivity contribution in [1.29, 1.82) is 0 Å². The van der Waals surface area contributed by atoms with E-state index in [1.807, 2.05) is 23.3 Å². The second-order valence-corrected chi connectivity index (χ2v) is 5.03. The molecule has 0 bridgehead atoms. The van der Waals surface area contributed by atoms with E-state index in [2.05, 4.69) is 13.0 Å². The number of rotatable bonds is 0. The molecule has 72 valence electrons. The monoisotopic (exact) mass is 197 g/mol. The molecule has 0 saturated carbocycles. The van der Waals surface area contributed by atoms with E-state index in [9.17, 15) is 5.11 Å². The fraction of sp³-hybridized carbons (Fsp3) is 0.600. The van der Waals surface area contributed by atoms with Crippen molar-refractivity contribution in [3.05, 3.63) is 21.4 Å². The molecule has 1 unspecified atom stereocenters. The summed E-state index contributed by atoms with van der Waals surface area (Å²) in [6.45, 7) is 3.09. The Balaban J connectivity index is 2.39. The number of aliphatic hydroxyl groups is 1. The third-order valence-corrected chi connectivity index (χ3v) is 3.70. The largest absolute Gasteiger partial charge is 0.374 e. The molecule has 1 aromatic rings. The summed E-state index contributed by atoms with van der Waals surface area (Å²) in [5.41, 5.74) is 1.13. The first kappa shape index (κ1) is 9.19. The Morgan fingerprint density at radius 2 is 2.38 bits per heavy atom. The lowest BCUT2D eigenvalue weighted by molar-refractivity contribution is 0.0238. The highest BCUT2D eigenvalue weighted by Gasteiger charge is 2.22. The fourth-order valence-electron chi connectivity index (χ4n) is 1.84. The van der Waals surface area contributed by atoms with Gasteiger partial charge in [-0.05, 0) is 32.9 Å². The second kappa shape index (κ2) is 3.40. The summed E-state index contributed by atoms with van der Waals surface area (Å²) in [5, 5.41) is 9.96. The number of thiophene rings is 1. The Bertz CT molecular complexity index is 308. The SMILES string of the molecule is Cc1cc2c(s1)CCCN(C)C2O. The molecule has 0 spiro atoms. The summed E-state index contributed by atoms with van der Waals surface area (Å²) in [6.07, 6.45) is 1.89. The van der Waals surface area contributed by atoms with E-state index < -0.39 is 0 Å². The predicted molar refractivity (Wildman–Crippen MR) is 55.0 cm³/mol. The van der Waals surface area contributed by atoms with Gasteiger partial charge in [0, 0.05) is 21.9 Å². The molecular formula is C10H15NOS. The minimum absolute atomic E-state index is 0.387. The second-order valence-electron chi connectivity index (χ2n) is 3.69. The maximum atomic E-state index is 9.96. The topological polar surface area (TPSA) is 23.5 Å². The fourth-order valence-corrected chi connectivity index (χ4v) is 2.95. The highest BCUT2D eigenvalue weighted by molar-refractivity contribution is 7.12. The van der Waals surface area contributed by atoms with Crippen LogP contribution < -0.4 is 0 Å². The number of nitrogens with zero attached hydrogens (tertiary/aromatic N) is 1. The van der Waals surface area contributed by atoms with Crippen LogP contribution in [0.15, 0.2) is 6.07 Å². The smallest absolute Gasteiger partial charge is 0.134 e. The van der Waals surface area contributed by atoms with E-state index in [4.69, 9.17) is 0 Å². The average Bonchev–Trinajstić information content (AvgIpc) is 2.40. The molecule has 1 aliphatic rings. The van der Waals surface area contributed by atoms with Gasteiger partial charge in [0.05, 0.1) is 0 Å². The molecule has 1 aliphatic heterocycles.